The standard InChI is InChI=1S/C22H19ClF3N3O/c23-15-4-2-1-3-13(15)18-19(11-5-7-22(25,26)8-6-11)27-16-10-12(24)9-14-17(16)20(18)28-29-21(14)30/h1-4,9-11,18-19,27H,5-8H2,(H,29,30)/t18-,19-/m1/s1. The molecule has 0 spiro atoms. The maximum Gasteiger partial charge on any atom is 0.272 e. The number of hydrogen-bond acceptors (Lipinski definition) is 3. The van der Waals surface area contributed by atoms with E-state index in [0.29, 0.717) is 34.6 Å². The second kappa shape index (κ2) is 7.01. The van der Waals surface area contributed by atoms with Crippen LogP contribution in [-0.4, -0.2) is 22.2 Å². The van der Waals surface area contributed by atoms with Crippen molar-refractivity contribution >= 4 is 28.1 Å². The Balaban J connectivity index is 1.71. The van der Waals surface area contributed by atoms with Gasteiger partial charge in [-0.3, -0.25) is 4.79 Å². The number of halogens is 4. The molecule has 0 saturated heterocycles. The van der Waals surface area contributed by atoms with Gasteiger partial charge in [-0.15, -0.1) is 0 Å². The maximum atomic E-state index is 14.2. The number of rotatable bonds is 2. The number of aromatic nitrogens is 2. The van der Waals surface area contributed by atoms with Crippen LogP contribution in [0.5, 0.6) is 0 Å². The molecule has 2 atom stereocenters. The van der Waals surface area contributed by atoms with Gasteiger partial charge >= 0.3 is 0 Å². The van der Waals surface area contributed by atoms with Crippen molar-refractivity contribution in [3.8, 4) is 0 Å². The molecule has 0 unspecified atom stereocenters. The number of alkyl halides is 2. The van der Waals surface area contributed by atoms with Gasteiger partial charge in [0.1, 0.15) is 5.82 Å². The zero-order valence-electron chi connectivity index (χ0n) is 15.9. The Morgan fingerprint density at radius 2 is 1.87 bits per heavy atom. The van der Waals surface area contributed by atoms with Crippen molar-refractivity contribution in [2.45, 2.75) is 43.6 Å². The van der Waals surface area contributed by atoms with Crippen molar-refractivity contribution in [3.63, 3.8) is 0 Å². The second-order valence-electron chi connectivity index (χ2n) is 8.18. The Morgan fingerprint density at radius 1 is 1.13 bits per heavy atom. The highest BCUT2D eigenvalue weighted by Crippen LogP contribution is 2.48. The Bertz CT molecular complexity index is 1190. The van der Waals surface area contributed by atoms with E-state index in [9.17, 15) is 18.0 Å². The predicted octanol–water partition coefficient (Wildman–Crippen LogP) is 5.47. The van der Waals surface area contributed by atoms with Gasteiger partial charge in [0.15, 0.2) is 0 Å². The second-order valence-corrected chi connectivity index (χ2v) is 8.58. The lowest BCUT2D eigenvalue weighted by atomic mass is 9.72. The fourth-order valence-electron chi connectivity index (χ4n) is 4.94. The number of anilines is 1. The summed E-state index contributed by atoms with van der Waals surface area (Å²) in [5.41, 5.74) is 1.35. The Labute approximate surface area is 175 Å². The lowest BCUT2D eigenvalue weighted by Gasteiger charge is -2.41. The van der Waals surface area contributed by atoms with Gasteiger partial charge in [-0.1, -0.05) is 29.8 Å². The molecule has 0 bridgehead atoms. The minimum atomic E-state index is -2.65. The van der Waals surface area contributed by atoms with Crippen molar-refractivity contribution < 1.29 is 13.2 Å². The van der Waals surface area contributed by atoms with Crippen molar-refractivity contribution in [2.75, 3.05) is 5.32 Å². The SMILES string of the molecule is O=c1[nH]nc2c3c(cc(F)cc13)N[C@H](C1CCC(F)(F)CC1)[C@H]2c1ccccc1Cl. The molecule has 8 heteroatoms. The molecule has 156 valence electrons. The molecule has 2 N–H and O–H groups in total. The van der Waals surface area contributed by atoms with Crippen molar-refractivity contribution in [2.24, 2.45) is 5.92 Å². The molecular weight excluding hydrogens is 415 g/mol. The van der Waals surface area contributed by atoms with Crippen LogP contribution in [0.25, 0.3) is 10.8 Å². The highest BCUT2D eigenvalue weighted by Gasteiger charge is 2.43. The van der Waals surface area contributed by atoms with Gasteiger partial charge in [-0.05, 0) is 42.5 Å². The van der Waals surface area contributed by atoms with Gasteiger partial charge in [0.2, 0.25) is 5.92 Å². The van der Waals surface area contributed by atoms with Crippen LogP contribution in [-0.2, 0) is 0 Å². The van der Waals surface area contributed by atoms with Crippen LogP contribution in [0.4, 0.5) is 18.9 Å². The molecule has 0 radical (unpaired) electrons. The monoisotopic (exact) mass is 433 g/mol. The first kappa shape index (κ1) is 19.4. The first-order valence-corrected chi connectivity index (χ1v) is 10.3. The maximum absolute atomic E-state index is 14.2. The van der Waals surface area contributed by atoms with Crippen molar-refractivity contribution in [3.05, 3.63) is 68.8 Å². The molecule has 4 nitrogen and oxygen atoms in total. The first-order valence-electron chi connectivity index (χ1n) is 9.95. The number of nitrogens with one attached hydrogen (secondary N) is 2. The van der Waals surface area contributed by atoms with Gasteiger partial charge in [-0.2, -0.15) is 5.10 Å². The molecule has 5 rings (SSSR count). The summed E-state index contributed by atoms with van der Waals surface area (Å²) in [6.07, 6.45) is 0.302. The van der Waals surface area contributed by atoms with Crippen LogP contribution < -0.4 is 10.9 Å². The fraction of sp³-hybridized carbons (Fsp3) is 0.364. The normalized spacial score (nSPS) is 23.3. The summed E-state index contributed by atoms with van der Waals surface area (Å²) < 4.78 is 41.9. The fourth-order valence-corrected chi connectivity index (χ4v) is 5.19. The zero-order valence-corrected chi connectivity index (χ0v) is 16.6. The van der Waals surface area contributed by atoms with Gasteiger partial charge in [0.05, 0.1) is 17.0 Å². The molecule has 0 amide bonds. The number of hydrogen-bond donors (Lipinski definition) is 2. The van der Waals surface area contributed by atoms with Gasteiger partial charge in [-0.25, -0.2) is 18.3 Å². The van der Waals surface area contributed by atoms with E-state index in [1.165, 1.54) is 12.1 Å². The molecule has 1 aliphatic carbocycles. The van der Waals surface area contributed by atoms with E-state index in [2.05, 4.69) is 15.5 Å². The van der Waals surface area contributed by atoms with E-state index in [-0.39, 0.29) is 36.1 Å². The first-order chi connectivity index (χ1) is 14.3. The number of benzene rings is 2. The highest BCUT2D eigenvalue weighted by molar-refractivity contribution is 6.31. The summed E-state index contributed by atoms with van der Waals surface area (Å²) >= 11 is 6.52. The molecule has 3 aromatic rings. The minimum Gasteiger partial charge on any atom is -0.380 e. The summed E-state index contributed by atoms with van der Waals surface area (Å²) in [7, 11) is 0. The van der Waals surface area contributed by atoms with Crippen molar-refractivity contribution in [1.29, 1.82) is 0 Å². The molecule has 1 aliphatic heterocycles. The molecule has 1 saturated carbocycles. The minimum absolute atomic E-state index is 0.0777. The van der Waals surface area contributed by atoms with Crippen LogP contribution in [0.3, 0.4) is 0 Å². The van der Waals surface area contributed by atoms with E-state index in [1.807, 2.05) is 18.2 Å². The van der Waals surface area contributed by atoms with E-state index in [1.54, 1.807) is 6.07 Å². The van der Waals surface area contributed by atoms with E-state index in [4.69, 9.17) is 11.6 Å². The van der Waals surface area contributed by atoms with E-state index >= 15 is 0 Å². The molecule has 30 heavy (non-hydrogen) atoms. The largest absolute Gasteiger partial charge is 0.380 e. The molecule has 1 aromatic heterocycles. The van der Waals surface area contributed by atoms with Gasteiger partial charge < -0.3 is 5.32 Å². The third-order valence-corrected chi connectivity index (χ3v) is 6.71. The van der Waals surface area contributed by atoms with Crippen LogP contribution in [0.15, 0.2) is 41.2 Å². The third-order valence-electron chi connectivity index (χ3n) is 6.37. The summed E-state index contributed by atoms with van der Waals surface area (Å²) in [6, 6.07) is 9.54. The van der Waals surface area contributed by atoms with E-state index in [0.717, 1.165) is 5.56 Å². The molecule has 2 aliphatic rings. The summed E-state index contributed by atoms with van der Waals surface area (Å²) in [5.74, 6) is -3.64. The van der Waals surface area contributed by atoms with Crippen LogP contribution in [0, 0.1) is 11.7 Å². The number of H-pyrrole nitrogens is 1. The quantitative estimate of drug-likeness (QED) is 0.563. The van der Waals surface area contributed by atoms with Crippen LogP contribution >= 0.6 is 11.6 Å². The summed E-state index contributed by atoms with van der Waals surface area (Å²) in [5, 5.41) is 11.4. The molecule has 2 heterocycles. The predicted molar refractivity (Wildman–Crippen MR) is 110 cm³/mol. The third kappa shape index (κ3) is 3.16. The lowest BCUT2D eigenvalue weighted by molar-refractivity contribution is -0.0480. The van der Waals surface area contributed by atoms with Crippen LogP contribution in [0.1, 0.15) is 42.9 Å². The van der Waals surface area contributed by atoms with Crippen LogP contribution in [0.2, 0.25) is 5.02 Å². The van der Waals surface area contributed by atoms with Gasteiger partial charge in [0, 0.05) is 35.0 Å². The molecular formula is C22H19ClF3N3O. The summed E-state index contributed by atoms with van der Waals surface area (Å²) in [4.78, 5) is 12.3. The Hall–Kier alpha value is -2.54. The average Bonchev–Trinajstić information content (AvgIpc) is 2.70. The Morgan fingerprint density at radius 3 is 2.60 bits per heavy atom. The smallest absolute Gasteiger partial charge is 0.272 e. The number of aromatic amines is 1. The van der Waals surface area contributed by atoms with Gasteiger partial charge in [0.25, 0.3) is 5.56 Å². The molecule has 1 fully saturated rings. The lowest BCUT2D eigenvalue weighted by Crippen LogP contribution is -2.42. The summed E-state index contributed by atoms with van der Waals surface area (Å²) in [6.45, 7) is 0. The Kier molecular flexibility index (Phi) is 4.54. The van der Waals surface area contributed by atoms with Crippen molar-refractivity contribution in [1.82, 2.24) is 10.2 Å². The topological polar surface area (TPSA) is 57.8 Å². The van der Waals surface area contributed by atoms with E-state index < -0.39 is 17.3 Å². The number of nitrogens with zero attached hydrogens (tertiary/aromatic N) is 1. The zero-order chi connectivity index (χ0) is 21.0. The highest BCUT2D eigenvalue weighted by atomic mass is 35.5. The average molecular weight is 434 g/mol. The molecule has 2 aromatic carbocycles.